The van der Waals surface area contributed by atoms with E-state index in [0.717, 1.165) is 23.0 Å². The number of carbonyl (C=O) groups excluding carboxylic acids is 1. The van der Waals surface area contributed by atoms with Gasteiger partial charge in [-0.15, -0.1) is 0 Å². The summed E-state index contributed by atoms with van der Waals surface area (Å²) in [7, 11) is 0. The van der Waals surface area contributed by atoms with Crippen LogP contribution in [-0.4, -0.2) is 28.6 Å². The molecule has 2 aromatic heterocycles. The van der Waals surface area contributed by atoms with Crippen LogP contribution in [-0.2, 0) is 6.18 Å². The molecular formula is C20H14F3N5O. The highest BCUT2D eigenvalue weighted by molar-refractivity contribution is 6.11. The van der Waals surface area contributed by atoms with E-state index in [9.17, 15) is 23.2 Å². The number of nitrogens with zero attached hydrogens (tertiary/aromatic N) is 5. The number of aromatic nitrogens is 2. The molecule has 29 heavy (non-hydrogen) atoms. The van der Waals surface area contributed by atoms with Gasteiger partial charge in [0.1, 0.15) is 11.7 Å². The van der Waals surface area contributed by atoms with E-state index in [1.165, 1.54) is 16.0 Å². The number of carbonyl (C=O) groups is 1. The van der Waals surface area contributed by atoms with Gasteiger partial charge in [0.25, 0.3) is 0 Å². The summed E-state index contributed by atoms with van der Waals surface area (Å²) >= 11 is 0. The van der Waals surface area contributed by atoms with E-state index >= 15 is 0 Å². The van der Waals surface area contributed by atoms with Crippen LogP contribution in [0.2, 0.25) is 0 Å². The Morgan fingerprint density at radius 2 is 1.93 bits per heavy atom. The zero-order chi connectivity index (χ0) is 20.8. The molecule has 4 rings (SSSR count). The van der Waals surface area contributed by atoms with Gasteiger partial charge in [-0.2, -0.15) is 18.4 Å². The van der Waals surface area contributed by atoms with E-state index in [1.807, 2.05) is 12.1 Å². The second-order valence-corrected chi connectivity index (χ2v) is 6.64. The molecule has 0 N–H and O–H groups in total. The van der Waals surface area contributed by atoms with Crippen LogP contribution in [0.25, 0.3) is 10.8 Å². The summed E-state index contributed by atoms with van der Waals surface area (Å²) in [6.07, 6.45) is -0.441. The number of rotatable bonds is 2. The number of fused-ring (bicyclic) bond motifs is 1. The molecule has 2 amide bonds. The first-order valence-corrected chi connectivity index (χ1v) is 8.68. The lowest BCUT2D eigenvalue weighted by atomic mass is 10.1. The van der Waals surface area contributed by atoms with Crippen molar-refractivity contribution in [2.24, 2.45) is 0 Å². The molecule has 1 aromatic carbocycles. The fraction of sp³-hybridized carbons (Fsp3) is 0.200. The summed E-state index contributed by atoms with van der Waals surface area (Å²) in [5.74, 6) is 0. The van der Waals surface area contributed by atoms with Crippen molar-refractivity contribution in [1.29, 1.82) is 5.26 Å². The molecule has 9 heteroatoms. The minimum atomic E-state index is -4.64. The molecule has 0 radical (unpaired) electrons. The fourth-order valence-electron chi connectivity index (χ4n) is 3.42. The van der Waals surface area contributed by atoms with Gasteiger partial charge in [0.15, 0.2) is 0 Å². The van der Waals surface area contributed by atoms with E-state index in [1.54, 1.807) is 25.3 Å². The van der Waals surface area contributed by atoms with Gasteiger partial charge in [0.05, 0.1) is 30.2 Å². The van der Waals surface area contributed by atoms with Gasteiger partial charge < -0.3 is 0 Å². The van der Waals surface area contributed by atoms with Crippen LogP contribution in [0.5, 0.6) is 0 Å². The zero-order valence-corrected chi connectivity index (χ0v) is 15.2. The third-order valence-corrected chi connectivity index (χ3v) is 4.82. The minimum Gasteiger partial charge on any atom is -0.290 e. The number of hydrogen-bond donors (Lipinski definition) is 0. The van der Waals surface area contributed by atoms with Gasteiger partial charge in [-0.25, -0.2) is 4.79 Å². The normalized spacial score (nSPS) is 17.1. The summed E-state index contributed by atoms with van der Waals surface area (Å²) in [6.45, 7) is 1.50. The number of hydrogen-bond acceptors (Lipinski definition) is 4. The Morgan fingerprint density at radius 3 is 2.66 bits per heavy atom. The first kappa shape index (κ1) is 18.7. The van der Waals surface area contributed by atoms with E-state index in [-0.39, 0.29) is 12.2 Å². The van der Waals surface area contributed by atoms with Gasteiger partial charge >= 0.3 is 12.2 Å². The molecule has 0 aliphatic carbocycles. The van der Waals surface area contributed by atoms with Gasteiger partial charge in [-0.3, -0.25) is 19.8 Å². The Morgan fingerprint density at radius 1 is 1.17 bits per heavy atom. The zero-order valence-electron chi connectivity index (χ0n) is 15.2. The molecule has 1 fully saturated rings. The van der Waals surface area contributed by atoms with Crippen LogP contribution < -0.4 is 9.80 Å². The fourth-order valence-corrected chi connectivity index (χ4v) is 3.42. The van der Waals surface area contributed by atoms with Crippen molar-refractivity contribution in [1.82, 2.24) is 9.97 Å². The Labute approximate surface area is 163 Å². The first-order valence-electron chi connectivity index (χ1n) is 8.68. The lowest BCUT2D eigenvalue weighted by Crippen LogP contribution is -2.35. The standard InChI is InChI=1S/C20H14F3N5O/c1-12-8-26-18(20(21,22)23)6-16(12)27-11-14(7-24)28(19(27)29)17-10-25-9-13-4-2-3-5-15(13)17/h2-6,8-10,14H,11H2,1H3. The number of urea groups is 1. The second kappa shape index (κ2) is 6.74. The molecule has 146 valence electrons. The molecule has 1 aliphatic heterocycles. The van der Waals surface area contributed by atoms with Crippen LogP contribution in [0.1, 0.15) is 11.3 Å². The molecule has 3 heterocycles. The van der Waals surface area contributed by atoms with Gasteiger partial charge in [-0.05, 0) is 18.6 Å². The van der Waals surface area contributed by atoms with E-state index < -0.39 is 23.9 Å². The van der Waals surface area contributed by atoms with E-state index in [0.29, 0.717) is 11.3 Å². The van der Waals surface area contributed by atoms with Gasteiger partial charge in [0.2, 0.25) is 0 Å². The number of halogens is 3. The van der Waals surface area contributed by atoms with Crippen molar-refractivity contribution in [3.63, 3.8) is 0 Å². The van der Waals surface area contributed by atoms with Crippen LogP contribution >= 0.6 is 0 Å². The van der Waals surface area contributed by atoms with Crippen molar-refractivity contribution >= 4 is 28.2 Å². The maximum absolute atomic E-state index is 13.2. The van der Waals surface area contributed by atoms with Crippen molar-refractivity contribution in [3.8, 4) is 6.07 Å². The molecule has 3 aromatic rings. The predicted molar refractivity (Wildman–Crippen MR) is 100 cm³/mol. The molecule has 0 spiro atoms. The Bertz CT molecular complexity index is 1150. The maximum atomic E-state index is 13.2. The molecular weight excluding hydrogens is 383 g/mol. The lowest BCUT2D eigenvalue weighted by Gasteiger charge is -2.22. The Balaban J connectivity index is 1.81. The highest BCUT2D eigenvalue weighted by Crippen LogP contribution is 2.36. The van der Waals surface area contributed by atoms with Crippen LogP contribution in [0.4, 0.5) is 29.3 Å². The van der Waals surface area contributed by atoms with Gasteiger partial charge in [-0.1, -0.05) is 24.3 Å². The number of amides is 2. The third-order valence-electron chi connectivity index (χ3n) is 4.82. The first-order chi connectivity index (χ1) is 13.8. The molecule has 1 aliphatic rings. The average Bonchev–Trinajstić information content (AvgIpc) is 3.03. The third kappa shape index (κ3) is 3.12. The van der Waals surface area contributed by atoms with Crippen molar-refractivity contribution in [3.05, 3.63) is 60.2 Å². The summed E-state index contributed by atoms with van der Waals surface area (Å²) in [5.41, 5.74) is -0.177. The highest BCUT2D eigenvalue weighted by Gasteiger charge is 2.42. The van der Waals surface area contributed by atoms with Crippen LogP contribution in [0.3, 0.4) is 0 Å². The molecule has 0 bridgehead atoms. The number of anilines is 2. The Hall–Kier alpha value is -3.67. The Kier molecular flexibility index (Phi) is 4.34. The van der Waals surface area contributed by atoms with Crippen molar-refractivity contribution in [2.75, 3.05) is 16.3 Å². The van der Waals surface area contributed by atoms with Crippen LogP contribution in [0.15, 0.2) is 48.9 Å². The van der Waals surface area contributed by atoms with Crippen LogP contribution in [0, 0.1) is 18.3 Å². The summed E-state index contributed by atoms with van der Waals surface area (Å²) < 4.78 is 39.3. The quantitative estimate of drug-likeness (QED) is 0.646. The average molecular weight is 397 g/mol. The smallest absolute Gasteiger partial charge is 0.290 e. The molecule has 1 unspecified atom stereocenters. The number of nitriles is 1. The lowest BCUT2D eigenvalue weighted by molar-refractivity contribution is -0.141. The summed E-state index contributed by atoms with van der Waals surface area (Å²) in [4.78, 5) is 23.2. The van der Waals surface area contributed by atoms with Crippen molar-refractivity contribution < 1.29 is 18.0 Å². The predicted octanol–water partition coefficient (Wildman–Crippen LogP) is 4.30. The number of benzene rings is 1. The van der Waals surface area contributed by atoms with Crippen molar-refractivity contribution in [2.45, 2.75) is 19.1 Å². The topological polar surface area (TPSA) is 73.1 Å². The summed E-state index contributed by atoms with van der Waals surface area (Å²) in [5, 5.41) is 11.1. The maximum Gasteiger partial charge on any atom is 0.433 e. The van der Waals surface area contributed by atoms with E-state index in [2.05, 4.69) is 16.0 Å². The number of aryl methyl sites for hydroxylation is 1. The van der Waals surface area contributed by atoms with E-state index in [4.69, 9.17) is 0 Å². The monoisotopic (exact) mass is 397 g/mol. The minimum absolute atomic E-state index is 0.0687. The highest BCUT2D eigenvalue weighted by atomic mass is 19.4. The molecule has 1 saturated heterocycles. The SMILES string of the molecule is Cc1cnc(C(F)(F)F)cc1N1CC(C#N)N(c2cncc3ccccc23)C1=O. The molecule has 1 atom stereocenters. The largest absolute Gasteiger partial charge is 0.433 e. The van der Waals surface area contributed by atoms with Gasteiger partial charge in [0, 0.05) is 23.2 Å². The molecule has 0 saturated carbocycles. The second-order valence-electron chi connectivity index (χ2n) is 6.64. The molecule has 6 nitrogen and oxygen atoms in total. The number of alkyl halides is 3. The number of pyridine rings is 2. The summed E-state index contributed by atoms with van der Waals surface area (Å²) in [6, 6.07) is 8.70.